The van der Waals surface area contributed by atoms with E-state index >= 15 is 0 Å². The fourth-order valence-electron chi connectivity index (χ4n) is 2.70. The molecule has 0 saturated heterocycles. The molecular formula is C20H29ClIN5O. The Hall–Kier alpha value is -1.74. The summed E-state index contributed by atoms with van der Waals surface area (Å²) in [5.41, 5.74) is 2.82. The molecule has 1 aromatic heterocycles. The van der Waals surface area contributed by atoms with Crippen LogP contribution in [0.2, 0.25) is 5.02 Å². The zero-order valence-corrected chi connectivity index (χ0v) is 19.9. The predicted molar refractivity (Wildman–Crippen MR) is 127 cm³/mol. The molecule has 0 aliphatic heterocycles. The normalized spacial score (nSPS) is 11.0. The molecule has 154 valence electrons. The second kappa shape index (κ2) is 12.0. The lowest BCUT2D eigenvalue weighted by Crippen LogP contribution is -2.38. The van der Waals surface area contributed by atoms with Gasteiger partial charge in [0.1, 0.15) is 0 Å². The van der Waals surface area contributed by atoms with Crippen molar-refractivity contribution in [3.05, 3.63) is 58.4 Å². The monoisotopic (exact) mass is 517 g/mol. The quantitative estimate of drug-likeness (QED) is 0.335. The Morgan fingerprint density at radius 2 is 1.82 bits per heavy atom. The van der Waals surface area contributed by atoms with E-state index in [0.29, 0.717) is 25.2 Å². The lowest BCUT2D eigenvalue weighted by Gasteiger charge is -2.22. The fourth-order valence-corrected chi connectivity index (χ4v) is 2.97. The van der Waals surface area contributed by atoms with E-state index in [1.807, 2.05) is 69.0 Å². The number of hydrogen-bond donors (Lipinski definition) is 2. The van der Waals surface area contributed by atoms with Crippen molar-refractivity contribution >= 4 is 47.4 Å². The molecule has 0 aliphatic carbocycles. The number of carbonyl (C=O) groups is 1. The Balaban J connectivity index is 0.00000392. The van der Waals surface area contributed by atoms with Crippen LogP contribution < -0.4 is 10.6 Å². The Kier molecular flexibility index (Phi) is 10.4. The topological polar surface area (TPSA) is 61.7 Å². The highest BCUT2D eigenvalue weighted by molar-refractivity contribution is 14.0. The minimum absolute atomic E-state index is 0. The zero-order chi connectivity index (χ0) is 19.8. The zero-order valence-electron chi connectivity index (χ0n) is 16.8. The minimum atomic E-state index is -0.0538. The third-order valence-electron chi connectivity index (χ3n) is 4.14. The van der Waals surface area contributed by atoms with E-state index in [9.17, 15) is 4.79 Å². The van der Waals surface area contributed by atoms with Crippen LogP contribution in [0.25, 0.3) is 0 Å². The minimum Gasteiger partial charge on any atom is -0.357 e. The van der Waals surface area contributed by atoms with E-state index in [-0.39, 0.29) is 29.9 Å². The van der Waals surface area contributed by atoms with Crippen molar-refractivity contribution < 1.29 is 4.79 Å². The van der Waals surface area contributed by atoms with Gasteiger partial charge in [0.05, 0.1) is 18.1 Å². The van der Waals surface area contributed by atoms with E-state index in [1.165, 1.54) is 0 Å². The Morgan fingerprint density at radius 1 is 1.18 bits per heavy atom. The summed E-state index contributed by atoms with van der Waals surface area (Å²) >= 11 is 6.07. The van der Waals surface area contributed by atoms with Crippen LogP contribution in [-0.2, 0) is 20.1 Å². The molecule has 0 fully saturated rings. The van der Waals surface area contributed by atoms with Crippen LogP contribution in [-0.4, -0.2) is 41.5 Å². The molecule has 2 N–H and O–H groups in total. The van der Waals surface area contributed by atoms with Crippen LogP contribution >= 0.6 is 35.6 Å². The number of guanidine groups is 1. The van der Waals surface area contributed by atoms with Crippen LogP contribution in [0.4, 0.5) is 0 Å². The molecule has 0 bridgehead atoms. The number of nitrogens with zero attached hydrogens (tertiary/aromatic N) is 3. The van der Waals surface area contributed by atoms with E-state index in [1.54, 1.807) is 0 Å². The lowest BCUT2D eigenvalue weighted by molar-refractivity contribution is 0.0956. The summed E-state index contributed by atoms with van der Waals surface area (Å²) < 4.78 is 2.02. The average molecular weight is 518 g/mol. The van der Waals surface area contributed by atoms with Crippen molar-refractivity contribution in [2.45, 2.75) is 26.9 Å². The molecule has 0 saturated carbocycles. The Bertz CT molecular complexity index is 788. The van der Waals surface area contributed by atoms with Crippen molar-refractivity contribution in [1.29, 1.82) is 0 Å². The van der Waals surface area contributed by atoms with E-state index in [2.05, 4.69) is 15.5 Å². The summed E-state index contributed by atoms with van der Waals surface area (Å²) in [5.74, 6) is 0.768. The van der Waals surface area contributed by atoms with Gasteiger partial charge in [-0.2, -0.15) is 0 Å². The van der Waals surface area contributed by atoms with Crippen molar-refractivity contribution in [3.63, 3.8) is 0 Å². The summed E-state index contributed by atoms with van der Waals surface area (Å²) in [5, 5.41) is 6.84. The van der Waals surface area contributed by atoms with E-state index in [0.717, 1.165) is 28.8 Å². The highest BCUT2D eigenvalue weighted by Gasteiger charge is 2.10. The molecule has 0 radical (unpaired) electrons. The summed E-state index contributed by atoms with van der Waals surface area (Å²) in [4.78, 5) is 18.6. The highest BCUT2D eigenvalue weighted by atomic mass is 127. The first kappa shape index (κ1) is 24.3. The molecule has 2 rings (SSSR count). The van der Waals surface area contributed by atoms with Crippen LogP contribution in [0.1, 0.15) is 35.5 Å². The maximum absolute atomic E-state index is 11.8. The Labute approximate surface area is 189 Å². The van der Waals surface area contributed by atoms with Gasteiger partial charge in [-0.1, -0.05) is 23.7 Å². The third-order valence-corrected chi connectivity index (χ3v) is 4.34. The van der Waals surface area contributed by atoms with Crippen LogP contribution in [0.3, 0.4) is 0 Å². The standard InChI is InChI=1S/C20H28ClN5O.HI/c1-5-22-19(27)16-9-7-15(8-10-16)12-24-20(23-6-2)26(4)14-18-11-17(21)13-25(18)3;/h7-11,13H,5-6,12,14H2,1-4H3,(H,22,27)(H,23,24);1H. The number of hydrogen-bond acceptors (Lipinski definition) is 2. The summed E-state index contributed by atoms with van der Waals surface area (Å²) in [6, 6.07) is 9.50. The van der Waals surface area contributed by atoms with Crippen molar-refractivity contribution in [2.24, 2.45) is 12.0 Å². The average Bonchev–Trinajstić information content (AvgIpc) is 2.96. The Morgan fingerprint density at radius 3 is 2.36 bits per heavy atom. The first-order chi connectivity index (χ1) is 12.9. The number of aromatic nitrogens is 1. The largest absolute Gasteiger partial charge is 0.357 e. The van der Waals surface area contributed by atoms with Gasteiger partial charge in [-0.05, 0) is 37.6 Å². The molecule has 6 nitrogen and oxygen atoms in total. The molecule has 0 unspecified atom stereocenters. The van der Waals surface area contributed by atoms with E-state index in [4.69, 9.17) is 16.6 Å². The van der Waals surface area contributed by atoms with Gasteiger partial charge in [-0.15, -0.1) is 24.0 Å². The van der Waals surface area contributed by atoms with E-state index < -0.39 is 0 Å². The lowest BCUT2D eigenvalue weighted by atomic mass is 10.1. The molecule has 1 aromatic carbocycles. The maximum Gasteiger partial charge on any atom is 0.251 e. The fraction of sp³-hybridized carbons (Fsp3) is 0.400. The smallest absolute Gasteiger partial charge is 0.251 e. The predicted octanol–water partition coefficient (Wildman–Crippen LogP) is 3.64. The van der Waals surface area contributed by atoms with Crippen molar-refractivity contribution in [2.75, 3.05) is 20.1 Å². The molecule has 1 amide bonds. The van der Waals surface area contributed by atoms with Gasteiger partial charge >= 0.3 is 0 Å². The molecule has 1 heterocycles. The van der Waals surface area contributed by atoms with Gasteiger partial charge in [0, 0.05) is 44.6 Å². The number of halogens is 2. The van der Waals surface area contributed by atoms with Gasteiger partial charge in [-0.25, -0.2) is 4.99 Å². The molecular weight excluding hydrogens is 489 g/mol. The maximum atomic E-state index is 11.8. The number of rotatable bonds is 7. The van der Waals surface area contributed by atoms with Gasteiger partial charge < -0.3 is 20.1 Å². The number of aliphatic imine (C=N–C) groups is 1. The number of carbonyl (C=O) groups excluding carboxylic acids is 1. The molecule has 8 heteroatoms. The van der Waals surface area contributed by atoms with Crippen LogP contribution in [0, 0.1) is 0 Å². The van der Waals surface area contributed by atoms with Gasteiger partial charge in [0.2, 0.25) is 0 Å². The third kappa shape index (κ3) is 7.01. The van der Waals surface area contributed by atoms with Crippen LogP contribution in [0.5, 0.6) is 0 Å². The van der Waals surface area contributed by atoms with Crippen LogP contribution in [0.15, 0.2) is 41.5 Å². The molecule has 0 aliphatic rings. The molecule has 2 aromatic rings. The van der Waals surface area contributed by atoms with Gasteiger partial charge in [0.15, 0.2) is 5.96 Å². The summed E-state index contributed by atoms with van der Waals surface area (Å²) in [6.45, 7) is 6.59. The van der Waals surface area contributed by atoms with Gasteiger partial charge in [-0.3, -0.25) is 4.79 Å². The second-order valence-corrected chi connectivity index (χ2v) is 6.78. The number of aryl methyl sites for hydroxylation is 1. The molecule has 0 atom stereocenters. The van der Waals surface area contributed by atoms with Gasteiger partial charge in [0.25, 0.3) is 5.91 Å². The number of amides is 1. The first-order valence-electron chi connectivity index (χ1n) is 9.11. The number of benzene rings is 1. The molecule has 0 spiro atoms. The molecule has 28 heavy (non-hydrogen) atoms. The first-order valence-corrected chi connectivity index (χ1v) is 9.49. The summed E-state index contributed by atoms with van der Waals surface area (Å²) in [7, 11) is 3.98. The van der Waals surface area contributed by atoms with Crippen molar-refractivity contribution in [3.8, 4) is 0 Å². The number of nitrogens with one attached hydrogen (secondary N) is 2. The van der Waals surface area contributed by atoms with Crippen molar-refractivity contribution in [1.82, 2.24) is 20.1 Å². The second-order valence-electron chi connectivity index (χ2n) is 6.34. The SMILES string of the molecule is CCNC(=O)c1ccc(CN=C(NCC)N(C)Cc2cc(Cl)cn2C)cc1.I. The summed E-state index contributed by atoms with van der Waals surface area (Å²) in [6.07, 6.45) is 1.89. The highest BCUT2D eigenvalue weighted by Crippen LogP contribution is 2.14.